The number of piperidine rings is 1. The van der Waals surface area contributed by atoms with E-state index >= 15 is 0 Å². The zero-order chi connectivity index (χ0) is 12.0. The fraction of sp³-hybridized carbons (Fsp3) is 0.769. The maximum atomic E-state index is 11.5. The first kappa shape index (κ1) is 13.2. The van der Waals surface area contributed by atoms with Gasteiger partial charge in [0.25, 0.3) is 0 Å². The first-order valence-corrected chi connectivity index (χ1v) is 6.27. The number of carbonyl (C=O) groups is 1. The Balaban J connectivity index is 2.48. The zero-order valence-corrected chi connectivity index (χ0v) is 10.7. The molecule has 0 atom stereocenters. The molecule has 3 nitrogen and oxygen atoms in total. The van der Waals surface area contributed by atoms with Crippen molar-refractivity contribution in [1.29, 1.82) is 0 Å². The second kappa shape index (κ2) is 6.04. The molecule has 1 rings (SSSR count). The molecule has 0 bridgehead atoms. The maximum Gasteiger partial charge on any atom is 0.330 e. The van der Waals surface area contributed by atoms with E-state index in [9.17, 15) is 4.79 Å². The fourth-order valence-electron chi connectivity index (χ4n) is 2.21. The molecule has 0 aromatic carbocycles. The number of hydrogen-bond donors (Lipinski definition) is 1. The standard InChI is InChI=1S/C13H23NO2/c1-4-5-6-12(15)16-13(2,3)11-7-9-14-10-8-11/h5-6,11,14H,4,7-10H2,1-3H3/p+1/b6-5+. The van der Waals surface area contributed by atoms with Gasteiger partial charge in [-0.3, -0.25) is 0 Å². The first-order valence-electron chi connectivity index (χ1n) is 6.27. The van der Waals surface area contributed by atoms with Gasteiger partial charge in [0.15, 0.2) is 0 Å². The highest BCUT2D eigenvalue weighted by molar-refractivity contribution is 5.82. The van der Waals surface area contributed by atoms with E-state index in [1.807, 2.05) is 26.8 Å². The van der Waals surface area contributed by atoms with E-state index < -0.39 is 0 Å². The van der Waals surface area contributed by atoms with Crippen LogP contribution in [0.15, 0.2) is 12.2 Å². The van der Waals surface area contributed by atoms with E-state index in [1.54, 1.807) is 0 Å². The topological polar surface area (TPSA) is 42.9 Å². The van der Waals surface area contributed by atoms with Gasteiger partial charge in [0.05, 0.1) is 13.1 Å². The minimum absolute atomic E-state index is 0.207. The summed E-state index contributed by atoms with van der Waals surface area (Å²) in [5, 5.41) is 2.32. The van der Waals surface area contributed by atoms with Crippen molar-refractivity contribution in [3.8, 4) is 0 Å². The molecular weight excluding hydrogens is 202 g/mol. The monoisotopic (exact) mass is 226 g/mol. The molecule has 16 heavy (non-hydrogen) atoms. The lowest BCUT2D eigenvalue weighted by molar-refractivity contribution is -0.665. The van der Waals surface area contributed by atoms with Gasteiger partial charge in [0.2, 0.25) is 0 Å². The van der Waals surface area contributed by atoms with Crippen LogP contribution in [-0.4, -0.2) is 24.7 Å². The third-order valence-corrected chi connectivity index (χ3v) is 3.27. The largest absolute Gasteiger partial charge is 0.456 e. The van der Waals surface area contributed by atoms with E-state index in [-0.39, 0.29) is 11.6 Å². The minimum Gasteiger partial charge on any atom is -0.456 e. The number of esters is 1. The Morgan fingerprint density at radius 2 is 2.06 bits per heavy atom. The maximum absolute atomic E-state index is 11.5. The van der Waals surface area contributed by atoms with Crippen LogP contribution < -0.4 is 5.32 Å². The number of allylic oxidation sites excluding steroid dienone is 1. The number of nitrogens with two attached hydrogens (primary N) is 1. The van der Waals surface area contributed by atoms with Crippen molar-refractivity contribution in [3.05, 3.63) is 12.2 Å². The van der Waals surface area contributed by atoms with Crippen LogP contribution in [0.25, 0.3) is 0 Å². The molecule has 0 unspecified atom stereocenters. The van der Waals surface area contributed by atoms with Gasteiger partial charge < -0.3 is 10.1 Å². The third kappa shape index (κ3) is 3.97. The van der Waals surface area contributed by atoms with Crippen molar-refractivity contribution in [2.24, 2.45) is 5.92 Å². The summed E-state index contributed by atoms with van der Waals surface area (Å²) in [4.78, 5) is 11.5. The molecule has 0 saturated carbocycles. The van der Waals surface area contributed by atoms with Crippen LogP contribution in [0, 0.1) is 5.92 Å². The predicted octanol–water partition coefficient (Wildman–Crippen LogP) is 1.25. The molecule has 0 amide bonds. The predicted molar refractivity (Wildman–Crippen MR) is 64.0 cm³/mol. The lowest BCUT2D eigenvalue weighted by atomic mass is 9.83. The Morgan fingerprint density at radius 3 is 2.62 bits per heavy atom. The second-order valence-electron chi connectivity index (χ2n) is 4.98. The Kier molecular flexibility index (Phi) is 5.00. The van der Waals surface area contributed by atoms with Crippen molar-refractivity contribution < 1.29 is 14.8 Å². The SMILES string of the molecule is CC/C=C/C(=O)OC(C)(C)C1CC[NH2+]CC1. The van der Waals surface area contributed by atoms with Gasteiger partial charge >= 0.3 is 5.97 Å². The van der Waals surface area contributed by atoms with Crippen LogP contribution in [0.4, 0.5) is 0 Å². The molecule has 1 heterocycles. The molecule has 0 aromatic heterocycles. The number of rotatable bonds is 4. The highest BCUT2D eigenvalue weighted by Gasteiger charge is 2.34. The first-order chi connectivity index (χ1) is 7.56. The van der Waals surface area contributed by atoms with Gasteiger partial charge in [-0.25, -0.2) is 4.79 Å². The van der Waals surface area contributed by atoms with E-state index in [4.69, 9.17) is 4.74 Å². The Hall–Kier alpha value is -0.830. The number of hydrogen-bond acceptors (Lipinski definition) is 2. The van der Waals surface area contributed by atoms with E-state index in [1.165, 1.54) is 6.08 Å². The molecule has 0 aromatic rings. The summed E-state index contributed by atoms with van der Waals surface area (Å²) in [6.45, 7) is 8.36. The van der Waals surface area contributed by atoms with E-state index in [0.717, 1.165) is 32.4 Å². The molecule has 2 N–H and O–H groups in total. The summed E-state index contributed by atoms with van der Waals surface area (Å²) in [7, 11) is 0. The van der Waals surface area contributed by atoms with Gasteiger partial charge in [0.1, 0.15) is 5.60 Å². The van der Waals surface area contributed by atoms with Crippen LogP contribution in [0.3, 0.4) is 0 Å². The van der Waals surface area contributed by atoms with Crippen molar-refractivity contribution >= 4 is 5.97 Å². The molecule has 1 aliphatic heterocycles. The zero-order valence-electron chi connectivity index (χ0n) is 10.7. The Labute approximate surface area is 98.2 Å². The lowest BCUT2D eigenvalue weighted by Crippen LogP contribution is -2.86. The fourth-order valence-corrected chi connectivity index (χ4v) is 2.21. The summed E-state index contributed by atoms with van der Waals surface area (Å²) >= 11 is 0. The number of quaternary nitrogens is 1. The van der Waals surface area contributed by atoms with Crippen LogP contribution in [0.1, 0.15) is 40.0 Å². The van der Waals surface area contributed by atoms with Gasteiger partial charge in [0, 0.05) is 24.8 Å². The van der Waals surface area contributed by atoms with Gasteiger partial charge in [-0.2, -0.15) is 0 Å². The van der Waals surface area contributed by atoms with Crippen molar-refractivity contribution in [1.82, 2.24) is 0 Å². The molecule has 1 saturated heterocycles. The Morgan fingerprint density at radius 1 is 1.44 bits per heavy atom. The quantitative estimate of drug-likeness (QED) is 0.579. The van der Waals surface area contributed by atoms with Crippen LogP contribution in [0.2, 0.25) is 0 Å². The highest BCUT2D eigenvalue weighted by Crippen LogP contribution is 2.27. The van der Waals surface area contributed by atoms with Crippen LogP contribution in [0.5, 0.6) is 0 Å². The average molecular weight is 226 g/mol. The normalized spacial score (nSPS) is 18.9. The third-order valence-electron chi connectivity index (χ3n) is 3.27. The summed E-state index contributed by atoms with van der Waals surface area (Å²) in [6, 6.07) is 0. The van der Waals surface area contributed by atoms with Gasteiger partial charge in [-0.1, -0.05) is 13.0 Å². The molecule has 1 fully saturated rings. The molecule has 92 valence electrons. The van der Waals surface area contributed by atoms with Crippen LogP contribution in [-0.2, 0) is 9.53 Å². The summed E-state index contributed by atoms with van der Waals surface area (Å²) in [6.07, 6.45) is 6.52. The summed E-state index contributed by atoms with van der Waals surface area (Å²) in [5.41, 5.74) is -0.330. The smallest absolute Gasteiger partial charge is 0.330 e. The molecule has 0 radical (unpaired) electrons. The summed E-state index contributed by atoms with van der Waals surface area (Å²) in [5.74, 6) is 0.290. The van der Waals surface area contributed by atoms with E-state index in [0.29, 0.717) is 5.92 Å². The number of ether oxygens (including phenoxy) is 1. The van der Waals surface area contributed by atoms with Crippen molar-refractivity contribution in [2.75, 3.05) is 13.1 Å². The highest BCUT2D eigenvalue weighted by atomic mass is 16.6. The Bertz CT molecular complexity index is 253. The average Bonchev–Trinajstić information content (AvgIpc) is 2.27. The second-order valence-corrected chi connectivity index (χ2v) is 4.98. The summed E-state index contributed by atoms with van der Waals surface area (Å²) < 4.78 is 5.54. The molecule has 3 heteroatoms. The lowest BCUT2D eigenvalue weighted by Gasteiger charge is -2.35. The van der Waals surface area contributed by atoms with Crippen LogP contribution >= 0.6 is 0 Å². The van der Waals surface area contributed by atoms with Crippen molar-refractivity contribution in [2.45, 2.75) is 45.6 Å². The minimum atomic E-state index is -0.330. The molecular formula is C13H24NO2+. The van der Waals surface area contributed by atoms with Gasteiger partial charge in [-0.05, 0) is 20.3 Å². The molecule has 1 aliphatic rings. The molecule has 0 aliphatic carbocycles. The number of carbonyl (C=O) groups excluding carboxylic acids is 1. The molecule has 0 spiro atoms. The van der Waals surface area contributed by atoms with Crippen molar-refractivity contribution in [3.63, 3.8) is 0 Å². The van der Waals surface area contributed by atoms with Gasteiger partial charge in [-0.15, -0.1) is 0 Å². The van der Waals surface area contributed by atoms with E-state index in [2.05, 4.69) is 5.32 Å².